The lowest BCUT2D eigenvalue weighted by Gasteiger charge is -2.04. The first-order valence-electron chi connectivity index (χ1n) is 3.98. The van der Waals surface area contributed by atoms with Crippen molar-refractivity contribution in [2.24, 2.45) is 0 Å². The highest BCUT2D eigenvalue weighted by atomic mass is 32.2. The van der Waals surface area contributed by atoms with Gasteiger partial charge in [0.2, 0.25) is 0 Å². The minimum Gasteiger partial charge on any atom is -0.224 e. The van der Waals surface area contributed by atoms with Crippen LogP contribution in [-0.4, -0.2) is 14.7 Å². The lowest BCUT2D eigenvalue weighted by Crippen LogP contribution is -2.01. The number of halogens is 1. The van der Waals surface area contributed by atoms with Crippen LogP contribution in [0.2, 0.25) is 0 Å². The van der Waals surface area contributed by atoms with Crippen molar-refractivity contribution in [1.82, 2.24) is 0 Å². The van der Waals surface area contributed by atoms with Crippen LogP contribution in [0.15, 0.2) is 29.7 Å². The van der Waals surface area contributed by atoms with Crippen LogP contribution in [0.4, 0.5) is 4.39 Å². The molecule has 0 aromatic heterocycles. The molecule has 1 aromatic rings. The van der Waals surface area contributed by atoms with Crippen molar-refractivity contribution in [3.8, 4) is 0 Å². The van der Waals surface area contributed by atoms with Gasteiger partial charge in [0, 0.05) is 6.26 Å². The summed E-state index contributed by atoms with van der Waals surface area (Å²) in [7, 11) is -3.51. The monoisotopic (exact) mass is 214 g/mol. The molecule has 0 radical (unpaired) electrons. The smallest absolute Gasteiger partial charge is 0.178 e. The standard InChI is InChI=1S/C10H11FO2S/c1-7(2)8-4-5-9(11)10(6-8)14(3,12)13/h4-6H,1H2,2-3H3. The second-order valence-electron chi connectivity index (χ2n) is 3.20. The first kappa shape index (κ1) is 10.9. The van der Waals surface area contributed by atoms with Gasteiger partial charge < -0.3 is 0 Å². The van der Waals surface area contributed by atoms with Crippen molar-refractivity contribution < 1.29 is 12.8 Å². The van der Waals surface area contributed by atoms with Crippen LogP contribution in [0.3, 0.4) is 0 Å². The van der Waals surface area contributed by atoms with E-state index < -0.39 is 15.7 Å². The number of rotatable bonds is 2. The van der Waals surface area contributed by atoms with E-state index in [1.165, 1.54) is 12.1 Å². The Bertz CT molecular complexity index is 475. The van der Waals surface area contributed by atoms with E-state index >= 15 is 0 Å². The quantitative estimate of drug-likeness (QED) is 0.756. The summed E-state index contributed by atoms with van der Waals surface area (Å²) < 4.78 is 35.4. The lowest BCUT2D eigenvalue weighted by atomic mass is 10.1. The Balaban J connectivity index is 3.44. The van der Waals surface area contributed by atoms with Gasteiger partial charge in [-0.05, 0) is 24.6 Å². The van der Waals surface area contributed by atoms with E-state index in [0.717, 1.165) is 12.3 Å². The molecule has 0 aliphatic carbocycles. The minimum atomic E-state index is -3.51. The third-order valence-electron chi connectivity index (χ3n) is 1.82. The number of hydrogen-bond donors (Lipinski definition) is 0. The molecule has 14 heavy (non-hydrogen) atoms. The fourth-order valence-corrected chi connectivity index (χ4v) is 1.82. The first-order chi connectivity index (χ1) is 6.32. The van der Waals surface area contributed by atoms with Crippen LogP contribution in [-0.2, 0) is 9.84 Å². The number of benzene rings is 1. The zero-order valence-corrected chi connectivity index (χ0v) is 8.86. The molecule has 76 valence electrons. The topological polar surface area (TPSA) is 34.1 Å². The van der Waals surface area contributed by atoms with Gasteiger partial charge >= 0.3 is 0 Å². The predicted octanol–water partition coefficient (Wildman–Crippen LogP) is 2.26. The Kier molecular flexibility index (Phi) is 2.76. The largest absolute Gasteiger partial charge is 0.224 e. The summed E-state index contributed by atoms with van der Waals surface area (Å²) in [5.74, 6) is -0.725. The van der Waals surface area contributed by atoms with Crippen LogP contribution in [0.5, 0.6) is 0 Å². The second-order valence-corrected chi connectivity index (χ2v) is 5.18. The fraction of sp³-hybridized carbons (Fsp3) is 0.200. The van der Waals surface area contributed by atoms with Crippen molar-refractivity contribution >= 4 is 15.4 Å². The van der Waals surface area contributed by atoms with Gasteiger partial charge in [-0.25, -0.2) is 12.8 Å². The van der Waals surface area contributed by atoms with Gasteiger partial charge in [-0.1, -0.05) is 18.2 Å². The van der Waals surface area contributed by atoms with Gasteiger partial charge in [0.1, 0.15) is 10.7 Å². The van der Waals surface area contributed by atoms with Crippen molar-refractivity contribution in [3.63, 3.8) is 0 Å². The molecule has 0 amide bonds. The fourth-order valence-electron chi connectivity index (χ4n) is 1.05. The normalized spacial score (nSPS) is 11.4. The number of sulfone groups is 1. The summed E-state index contributed by atoms with van der Waals surface area (Å²) in [6.45, 7) is 5.40. The maximum absolute atomic E-state index is 13.1. The summed E-state index contributed by atoms with van der Waals surface area (Å²) >= 11 is 0. The molecule has 0 saturated heterocycles. The van der Waals surface area contributed by atoms with Gasteiger partial charge in [0.25, 0.3) is 0 Å². The molecule has 0 aliphatic heterocycles. The van der Waals surface area contributed by atoms with E-state index in [4.69, 9.17) is 0 Å². The van der Waals surface area contributed by atoms with E-state index in [-0.39, 0.29) is 4.90 Å². The summed E-state index contributed by atoms with van der Waals surface area (Å²) in [6, 6.07) is 3.94. The van der Waals surface area contributed by atoms with E-state index in [0.29, 0.717) is 11.1 Å². The van der Waals surface area contributed by atoms with Crippen molar-refractivity contribution in [2.75, 3.05) is 6.26 Å². The second kappa shape index (κ2) is 3.53. The van der Waals surface area contributed by atoms with E-state index in [2.05, 4.69) is 6.58 Å². The molecular formula is C10H11FO2S. The predicted molar refractivity (Wildman–Crippen MR) is 54.2 cm³/mol. The highest BCUT2D eigenvalue weighted by molar-refractivity contribution is 7.90. The minimum absolute atomic E-state index is 0.280. The Morgan fingerprint density at radius 1 is 1.43 bits per heavy atom. The summed E-state index contributed by atoms with van der Waals surface area (Å²) in [4.78, 5) is -0.280. The summed E-state index contributed by atoms with van der Waals surface area (Å²) in [5, 5.41) is 0. The first-order valence-corrected chi connectivity index (χ1v) is 5.87. The Labute approximate surface area is 83.0 Å². The molecule has 0 unspecified atom stereocenters. The van der Waals surface area contributed by atoms with Crippen molar-refractivity contribution in [2.45, 2.75) is 11.8 Å². The van der Waals surface area contributed by atoms with Gasteiger partial charge in [-0.15, -0.1) is 0 Å². The molecule has 0 bridgehead atoms. The van der Waals surface area contributed by atoms with Gasteiger partial charge in [0.05, 0.1) is 0 Å². The van der Waals surface area contributed by atoms with Crippen LogP contribution >= 0.6 is 0 Å². The molecule has 0 atom stereocenters. The van der Waals surface area contributed by atoms with Crippen LogP contribution in [0.1, 0.15) is 12.5 Å². The van der Waals surface area contributed by atoms with Crippen LogP contribution < -0.4 is 0 Å². The van der Waals surface area contributed by atoms with Crippen LogP contribution in [0, 0.1) is 5.82 Å². The highest BCUT2D eigenvalue weighted by Crippen LogP contribution is 2.20. The molecule has 0 aliphatic rings. The third-order valence-corrected chi connectivity index (χ3v) is 2.94. The highest BCUT2D eigenvalue weighted by Gasteiger charge is 2.13. The third kappa shape index (κ3) is 2.20. The van der Waals surface area contributed by atoms with Crippen molar-refractivity contribution in [3.05, 3.63) is 36.2 Å². The molecule has 0 heterocycles. The molecule has 4 heteroatoms. The van der Waals surface area contributed by atoms with Gasteiger partial charge in [-0.3, -0.25) is 0 Å². The van der Waals surface area contributed by atoms with E-state index in [1.807, 2.05) is 0 Å². The Morgan fingerprint density at radius 2 is 2.00 bits per heavy atom. The van der Waals surface area contributed by atoms with Gasteiger partial charge in [-0.2, -0.15) is 0 Å². The Hall–Kier alpha value is -1.16. The molecule has 0 spiro atoms. The number of allylic oxidation sites excluding steroid dienone is 1. The Morgan fingerprint density at radius 3 is 2.43 bits per heavy atom. The molecule has 1 rings (SSSR count). The molecule has 0 saturated carbocycles. The average Bonchev–Trinajstić information content (AvgIpc) is 2.02. The maximum atomic E-state index is 13.1. The van der Waals surface area contributed by atoms with E-state index in [9.17, 15) is 12.8 Å². The maximum Gasteiger partial charge on any atom is 0.178 e. The van der Waals surface area contributed by atoms with Crippen LogP contribution in [0.25, 0.3) is 5.57 Å². The van der Waals surface area contributed by atoms with Gasteiger partial charge in [0.15, 0.2) is 9.84 Å². The van der Waals surface area contributed by atoms with Crippen molar-refractivity contribution in [1.29, 1.82) is 0 Å². The summed E-state index contributed by atoms with van der Waals surface area (Å²) in [5.41, 5.74) is 1.33. The average molecular weight is 214 g/mol. The number of hydrogen-bond acceptors (Lipinski definition) is 2. The molecule has 0 N–H and O–H groups in total. The molecule has 0 fully saturated rings. The molecule has 1 aromatic carbocycles. The van der Waals surface area contributed by atoms with E-state index in [1.54, 1.807) is 6.92 Å². The molecular weight excluding hydrogens is 203 g/mol. The zero-order chi connectivity index (χ0) is 10.9. The zero-order valence-electron chi connectivity index (χ0n) is 8.04. The SMILES string of the molecule is C=C(C)c1ccc(F)c(S(C)(=O)=O)c1. The molecule has 2 nitrogen and oxygen atoms in total. The summed E-state index contributed by atoms with van der Waals surface area (Å²) in [6.07, 6.45) is 0.980. The lowest BCUT2D eigenvalue weighted by molar-refractivity contribution is 0.570.